The summed E-state index contributed by atoms with van der Waals surface area (Å²) in [6.45, 7) is 8.42. The van der Waals surface area contributed by atoms with Crippen LogP contribution in [0.3, 0.4) is 0 Å². The Bertz CT molecular complexity index is 306. The summed E-state index contributed by atoms with van der Waals surface area (Å²) in [5, 5.41) is 9.57. The average Bonchev–Trinajstić information content (AvgIpc) is 2.26. The molecule has 0 radical (unpaired) electrons. The first-order valence-corrected chi connectivity index (χ1v) is 5.78. The summed E-state index contributed by atoms with van der Waals surface area (Å²) in [4.78, 5) is 13.4. The topological polar surface area (TPSA) is 59.0 Å². The number of hydrogen-bond acceptors (Lipinski definition) is 4. The van der Waals surface area contributed by atoms with Crippen molar-refractivity contribution in [2.45, 2.75) is 39.4 Å². The van der Waals surface area contributed by atoms with Crippen molar-refractivity contribution in [3.63, 3.8) is 0 Å². The lowest BCUT2D eigenvalue weighted by Gasteiger charge is -2.33. The fraction of sp³-hybridized carbons (Fsp3) is 0.750. The van der Waals surface area contributed by atoms with Crippen LogP contribution in [0.4, 0.5) is 4.79 Å². The van der Waals surface area contributed by atoms with Gasteiger partial charge in [-0.05, 0) is 33.8 Å². The molecule has 0 aromatic carbocycles. The monoisotopic (exact) mass is 243 g/mol. The van der Waals surface area contributed by atoms with E-state index in [2.05, 4.69) is 0 Å². The molecule has 1 rings (SSSR count). The first-order chi connectivity index (χ1) is 7.83. The van der Waals surface area contributed by atoms with Crippen LogP contribution >= 0.6 is 0 Å². The molecule has 1 amide bonds. The second-order valence-corrected chi connectivity index (χ2v) is 5.00. The van der Waals surface area contributed by atoms with Crippen molar-refractivity contribution in [2.24, 2.45) is 0 Å². The standard InChI is InChI=1S/C12H21NO4/c1-5-9(14)10-8-13(6-7-16-10)11(15)17-12(2,3)4/h5,10,14H,6-8H2,1-4H3/b9-5+/t10-/m1/s1. The first-order valence-electron chi connectivity index (χ1n) is 5.78. The maximum Gasteiger partial charge on any atom is 0.410 e. The van der Waals surface area contributed by atoms with Crippen LogP contribution in [0.15, 0.2) is 11.8 Å². The number of amides is 1. The molecule has 1 heterocycles. The van der Waals surface area contributed by atoms with Crippen LogP contribution in [-0.2, 0) is 9.47 Å². The van der Waals surface area contributed by atoms with Crippen molar-refractivity contribution in [3.05, 3.63) is 11.8 Å². The van der Waals surface area contributed by atoms with E-state index in [4.69, 9.17) is 9.47 Å². The molecule has 5 nitrogen and oxygen atoms in total. The van der Waals surface area contributed by atoms with Crippen LogP contribution in [0.1, 0.15) is 27.7 Å². The highest BCUT2D eigenvalue weighted by Gasteiger charge is 2.29. The fourth-order valence-electron chi connectivity index (χ4n) is 1.51. The molecular formula is C12H21NO4. The van der Waals surface area contributed by atoms with E-state index in [1.54, 1.807) is 17.9 Å². The van der Waals surface area contributed by atoms with Crippen molar-refractivity contribution in [1.82, 2.24) is 4.90 Å². The maximum atomic E-state index is 11.8. The van der Waals surface area contributed by atoms with Crippen LogP contribution in [-0.4, -0.2) is 47.5 Å². The third-order valence-corrected chi connectivity index (χ3v) is 2.34. The van der Waals surface area contributed by atoms with Crippen LogP contribution in [0, 0.1) is 0 Å². The van der Waals surface area contributed by atoms with Gasteiger partial charge in [0.15, 0.2) is 0 Å². The lowest BCUT2D eigenvalue weighted by molar-refractivity contribution is -0.0407. The average molecular weight is 243 g/mol. The third kappa shape index (κ3) is 4.26. The smallest absolute Gasteiger partial charge is 0.410 e. The van der Waals surface area contributed by atoms with Gasteiger partial charge in [0, 0.05) is 6.54 Å². The zero-order valence-corrected chi connectivity index (χ0v) is 10.9. The Balaban J connectivity index is 2.58. The zero-order chi connectivity index (χ0) is 13.1. The van der Waals surface area contributed by atoms with Gasteiger partial charge in [0.05, 0.1) is 13.2 Å². The molecule has 0 unspecified atom stereocenters. The molecule has 98 valence electrons. The van der Waals surface area contributed by atoms with Gasteiger partial charge in [-0.2, -0.15) is 0 Å². The Morgan fingerprint density at radius 2 is 2.18 bits per heavy atom. The minimum absolute atomic E-state index is 0.151. The predicted molar refractivity (Wildman–Crippen MR) is 63.9 cm³/mol. The molecule has 1 aliphatic heterocycles. The number of carbonyl (C=O) groups excluding carboxylic acids is 1. The minimum Gasteiger partial charge on any atom is -0.510 e. The van der Waals surface area contributed by atoms with E-state index in [1.165, 1.54) is 0 Å². The molecule has 1 N–H and O–H groups in total. The second kappa shape index (κ2) is 5.40. The maximum absolute atomic E-state index is 11.8. The van der Waals surface area contributed by atoms with E-state index in [0.717, 1.165) is 0 Å². The van der Waals surface area contributed by atoms with Gasteiger partial charge in [0.1, 0.15) is 17.5 Å². The largest absolute Gasteiger partial charge is 0.510 e. The molecule has 5 heteroatoms. The van der Waals surface area contributed by atoms with Gasteiger partial charge in [-0.1, -0.05) is 0 Å². The molecule has 1 saturated heterocycles. The lowest BCUT2D eigenvalue weighted by atomic mass is 10.2. The minimum atomic E-state index is -0.506. The van der Waals surface area contributed by atoms with Crippen molar-refractivity contribution >= 4 is 6.09 Å². The van der Waals surface area contributed by atoms with E-state index in [9.17, 15) is 9.90 Å². The number of allylic oxidation sites excluding steroid dienone is 1. The summed E-state index contributed by atoms with van der Waals surface area (Å²) in [6.07, 6.45) is 0.763. The number of morpholine rings is 1. The van der Waals surface area contributed by atoms with E-state index < -0.39 is 11.7 Å². The number of aliphatic hydroxyl groups is 1. The molecule has 0 aromatic rings. The summed E-state index contributed by atoms with van der Waals surface area (Å²) in [5.41, 5.74) is -0.506. The van der Waals surface area contributed by atoms with Gasteiger partial charge in [-0.25, -0.2) is 4.79 Å². The molecule has 1 fully saturated rings. The van der Waals surface area contributed by atoms with Crippen LogP contribution in [0.25, 0.3) is 0 Å². The van der Waals surface area contributed by atoms with Crippen LogP contribution < -0.4 is 0 Å². The molecule has 0 aromatic heterocycles. The molecule has 0 bridgehead atoms. The van der Waals surface area contributed by atoms with Gasteiger partial charge in [0.25, 0.3) is 0 Å². The Labute approximate surface area is 102 Å². The summed E-state index contributed by atoms with van der Waals surface area (Å²) in [7, 11) is 0. The zero-order valence-electron chi connectivity index (χ0n) is 10.9. The fourth-order valence-corrected chi connectivity index (χ4v) is 1.51. The highest BCUT2D eigenvalue weighted by molar-refractivity contribution is 5.68. The van der Waals surface area contributed by atoms with E-state index >= 15 is 0 Å². The molecule has 1 aliphatic rings. The molecule has 17 heavy (non-hydrogen) atoms. The highest BCUT2D eigenvalue weighted by Crippen LogP contribution is 2.15. The van der Waals surface area contributed by atoms with Crippen molar-refractivity contribution in [1.29, 1.82) is 0 Å². The number of hydrogen-bond donors (Lipinski definition) is 1. The molecule has 1 atom stereocenters. The highest BCUT2D eigenvalue weighted by atomic mass is 16.6. The van der Waals surface area contributed by atoms with Gasteiger partial charge in [0.2, 0.25) is 0 Å². The summed E-state index contributed by atoms with van der Waals surface area (Å²) < 4.78 is 10.6. The van der Waals surface area contributed by atoms with Crippen molar-refractivity contribution < 1.29 is 19.4 Å². The molecule has 0 aliphatic carbocycles. The summed E-state index contributed by atoms with van der Waals surface area (Å²) in [6, 6.07) is 0. The van der Waals surface area contributed by atoms with Gasteiger partial charge < -0.3 is 19.5 Å². The predicted octanol–water partition coefficient (Wildman–Crippen LogP) is 2.08. The summed E-state index contributed by atoms with van der Waals surface area (Å²) in [5.74, 6) is 0.151. The number of aliphatic hydroxyl groups excluding tert-OH is 1. The molecule has 0 saturated carbocycles. The van der Waals surface area contributed by atoms with E-state index in [0.29, 0.717) is 19.7 Å². The number of rotatable bonds is 1. The Hall–Kier alpha value is -1.23. The van der Waals surface area contributed by atoms with Crippen molar-refractivity contribution in [2.75, 3.05) is 19.7 Å². The van der Waals surface area contributed by atoms with Crippen LogP contribution in [0.5, 0.6) is 0 Å². The number of carbonyl (C=O) groups is 1. The second-order valence-electron chi connectivity index (χ2n) is 5.00. The molecule has 0 spiro atoms. The SMILES string of the molecule is C/C=C(/O)[C@H]1CN(C(=O)OC(C)(C)C)CCO1. The van der Waals surface area contributed by atoms with E-state index in [-0.39, 0.29) is 11.9 Å². The Kier molecular flexibility index (Phi) is 4.40. The number of ether oxygens (including phenoxy) is 2. The van der Waals surface area contributed by atoms with E-state index in [1.807, 2.05) is 20.8 Å². The third-order valence-electron chi connectivity index (χ3n) is 2.34. The number of nitrogens with zero attached hydrogens (tertiary/aromatic N) is 1. The van der Waals surface area contributed by atoms with Gasteiger partial charge >= 0.3 is 6.09 Å². The summed E-state index contributed by atoms with van der Waals surface area (Å²) >= 11 is 0. The van der Waals surface area contributed by atoms with Gasteiger partial charge in [-0.3, -0.25) is 0 Å². The quantitative estimate of drug-likeness (QED) is 0.716. The Morgan fingerprint density at radius 1 is 1.53 bits per heavy atom. The van der Waals surface area contributed by atoms with Crippen molar-refractivity contribution in [3.8, 4) is 0 Å². The normalized spacial score (nSPS) is 22.5. The first kappa shape index (κ1) is 13.8. The van der Waals surface area contributed by atoms with Crippen LogP contribution in [0.2, 0.25) is 0 Å². The molecular weight excluding hydrogens is 222 g/mol. The lowest BCUT2D eigenvalue weighted by Crippen LogP contribution is -2.48. The Morgan fingerprint density at radius 3 is 2.71 bits per heavy atom. The van der Waals surface area contributed by atoms with Gasteiger partial charge in [-0.15, -0.1) is 0 Å².